The van der Waals surface area contributed by atoms with Crippen LogP contribution in [-0.2, 0) is 0 Å². The Kier molecular flexibility index (Phi) is 5.50. The first-order valence-electron chi connectivity index (χ1n) is 8.16. The smallest absolute Gasteiger partial charge is 0.00818 e. The molecule has 2 aliphatic rings. The summed E-state index contributed by atoms with van der Waals surface area (Å²) in [6.45, 7) is 10.9. The Morgan fingerprint density at radius 2 is 1.61 bits per heavy atom. The van der Waals surface area contributed by atoms with Gasteiger partial charge in [-0.05, 0) is 70.8 Å². The average Bonchev–Trinajstić information content (AvgIpc) is 3.19. The quantitative estimate of drug-likeness (QED) is 0.642. The molecule has 0 aliphatic heterocycles. The van der Waals surface area contributed by atoms with Crippen LogP contribution in [0.25, 0.3) is 0 Å². The molecule has 2 fully saturated rings. The number of rotatable bonds is 10. The lowest BCUT2D eigenvalue weighted by Crippen LogP contribution is -2.41. The van der Waals surface area contributed by atoms with Gasteiger partial charge in [0.15, 0.2) is 0 Å². The second-order valence-corrected chi connectivity index (χ2v) is 6.78. The van der Waals surface area contributed by atoms with E-state index in [2.05, 4.69) is 31.0 Å². The summed E-state index contributed by atoms with van der Waals surface area (Å²) in [5, 5.41) is 3.63. The largest absolute Gasteiger partial charge is 0.314 e. The van der Waals surface area contributed by atoms with Gasteiger partial charge in [-0.3, -0.25) is 0 Å². The lowest BCUT2D eigenvalue weighted by molar-refractivity contribution is 0.173. The fourth-order valence-electron chi connectivity index (χ4n) is 2.83. The summed E-state index contributed by atoms with van der Waals surface area (Å²) in [7, 11) is 0. The Bertz CT molecular complexity index is 219. The molecule has 2 unspecified atom stereocenters. The zero-order chi connectivity index (χ0) is 13.0. The van der Waals surface area contributed by atoms with Gasteiger partial charge in [-0.1, -0.05) is 6.92 Å². The van der Waals surface area contributed by atoms with Crippen LogP contribution in [0, 0.1) is 11.8 Å². The van der Waals surface area contributed by atoms with Gasteiger partial charge in [0.05, 0.1) is 0 Å². The molecule has 0 aromatic rings. The highest BCUT2D eigenvalue weighted by molar-refractivity contribution is 4.85. The number of nitrogens with zero attached hydrogens (tertiary/aromatic N) is 1. The van der Waals surface area contributed by atoms with Gasteiger partial charge in [-0.15, -0.1) is 0 Å². The first-order chi connectivity index (χ1) is 8.69. The van der Waals surface area contributed by atoms with E-state index in [0.717, 1.165) is 17.9 Å². The minimum Gasteiger partial charge on any atom is -0.314 e. The van der Waals surface area contributed by atoms with Gasteiger partial charge in [0, 0.05) is 25.2 Å². The molecule has 106 valence electrons. The standard InChI is InChI=1S/C16H32N2/c1-4-9-17-13(2)10-14(3)18(11-15-5-6-15)12-16-7-8-16/h13-17H,4-12H2,1-3H3. The molecule has 0 saturated heterocycles. The monoisotopic (exact) mass is 252 g/mol. The molecule has 2 nitrogen and oxygen atoms in total. The van der Waals surface area contributed by atoms with Crippen molar-refractivity contribution in [3.8, 4) is 0 Å². The van der Waals surface area contributed by atoms with Crippen LogP contribution in [0.2, 0.25) is 0 Å². The van der Waals surface area contributed by atoms with Gasteiger partial charge in [0.1, 0.15) is 0 Å². The SMILES string of the molecule is CCCNC(C)CC(C)N(CC1CC1)CC1CC1. The highest BCUT2D eigenvalue weighted by atomic mass is 15.2. The van der Waals surface area contributed by atoms with Crippen LogP contribution in [-0.4, -0.2) is 36.6 Å². The van der Waals surface area contributed by atoms with Gasteiger partial charge >= 0.3 is 0 Å². The van der Waals surface area contributed by atoms with Gasteiger partial charge in [0.25, 0.3) is 0 Å². The van der Waals surface area contributed by atoms with Crippen LogP contribution in [0.15, 0.2) is 0 Å². The molecule has 0 radical (unpaired) electrons. The van der Waals surface area contributed by atoms with Crippen LogP contribution in [0.4, 0.5) is 0 Å². The van der Waals surface area contributed by atoms with Crippen molar-refractivity contribution in [2.45, 2.75) is 71.4 Å². The minimum atomic E-state index is 0.667. The van der Waals surface area contributed by atoms with Crippen molar-refractivity contribution in [3.05, 3.63) is 0 Å². The van der Waals surface area contributed by atoms with Crippen LogP contribution < -0.4 is 5.32 Å². The van der Waals surface area contributed by atoms with Crippen molar-refractivity contribution in [2.75, 3.05) is 19.6 Å². The molecule has 0 bridgehead atoms. The molecule has 0 spiro atoms. The first kappa shape index (κ1) is 14.3. The van der Waals surface area contributed by atoms with Crippen molar-refractivity contribution < 1.29 is 0 Å². The zero-order valence-corrected chi connectivity index (χ0v) is 12.6. The van der Waals surface area contributed by atoms with E-state index in [0.29, 0.717) is 6.04 Å². The Labute approximate surface area is 114 Å². The third-order valence-electron chi connectivity index (χ3n) is 4.44. The number of hydrogen-bond acceptors (Lipinski definition) is 2. The molecule has 0 aromatic heterocycles. The summed E-state index contributed by atoms with van der Waals surface area (Å²) in [6.07, 6.45) is 8.48. The van der Waals surface area contributed by atoms with E-state index in [9.17, 15) is 0 Å². The van der Waals surface area contributed by atoms with E-state index in [1.807, 2.05) is 0 Å². The summed E-state index contributed by atoms with van der Waals surface area (Å²) in [5.74, 6) is 2.07. The van der Waals surface area contributed by atoms with Crippen molar-refractivity contribution >= 4 is 0 Å². The zero-order valence-electron chi connectivity index (χ0n) is 12.6. The lowest BCUT2D eigenvalue weighted by atomic mass is 10.1. The maximum atomic E-state index is 3.63. The Morgan fingerprint density at radius 1 is 1.06 bits per heavy atom. The van der Waals surface area contributed by atoms with Gasteiger partial charge < -0.3 is 10.2 Å². The second-order valence-electron chi connectivity index (χ2n) is 6.78. The van der Waals surface area contributed by atoms with E-state index >= 15 is 0 Å². The van der Waals surface area contributed by atoms with Crippen molar-refractivity contribution in [2.24, 2.45) is 11.8 Å². The van der Waals surface area contributed by atoms with Crippen molar-refractivity contribution in [1.29, 1.82) is 0 Å². The molecule has 2 saturated carbocycles. The number of nitrogens with one attached hydrogen (secondary N) is 1. The predicted octanol–water partition coefficient (Wildman–Crippen LogP) is 3.28. The Morgan fingerprint density at radius 3 is 2.06 bits per heavy atom. The lowest BCUT2D eigenvalue weighted by Gasteiger charge is -2.31. The maximum Gasteiger partial charge on any atom is 0.00818 e. The van der Waals surface area contributed by atoms with Gasteiger partial charge in [0.2, 0.25) is 0 Å². The third kappa shape index (κ3) is 5.27. The molecule has 0 amide bonds. The minimum absolute atomic E-state index is 0.667. The fraction of sp³-hybridized carbons (Fsp3) is 1.00. The molecular formula is C16H32N2. The molecule has 2 aliphatic carbocycles. The maximum absolute atomic E-state index is 3.63. The Balaban J connectivity index is 1.71. The molecule has 0 aromatic carbocycles. The highest BCUT2D eigenvalue weighted by Crippen LogP contribution is 2.34. The molecular weight excluding hydrogens is 220 g/mol. The summed E-state index contributed by atoms with van der Waals surface area (Å²) in [4.78, 5) is 2.79. The highest BCUT2D eigenvalue weighted by Gasteiger charge is 2.31. The van der Waals surface area contributed by atoms with E-state index in [4.69, 9.17) is 0 Å². The van der Waals surface area contributed by atoms with Crippen LogP contribution >= 0.6 is 0 Å². The summed E-state index contributed by atoms with van der Waals surface area (Å²) < 4.78 is 0. The van der Waals surface area contributed by atoms with E-state index in [-0.39, 0.29) is 0 Å². The van der Waals surface area contributed by atoms with Crippen molar-refractivity contribution in [3.63, 3.8) is 0 Å². The molecule has 18 heavy (non-hydrogen) atoms. The summed E-state index contributed by atoms with van der Waals surface area (Å²) in [6, 6.07) is 1.42. The van der Waals surface area contributed by atoms with E-state index in [1.54, 1.807) is 0 Å². The van der Waals surface area contributed by atoms with E-state index < -0.39 is 0 Å². The van der Waals surface area contributed by atoms with Crippen LogP contribution in [0.5, 0.6) is 0 Å². The average molecular weight is 252 g/mol. The Hall–Kier alpha value is -0.0800. The van der Waals surface area contributed by atoms with Crippen molar-refractivity contribution in [1.82, 2.24) is 10.2 Å². The first-order valence-corrected chi connectivity index (χ1v) is 8.16. The second kappa shape index (κ2) is 6.91. The van der Waals surface area contributed by atoms with E-state index in [1.165, 1.54) is 58.2 Å². The molecule has 1 N–H and O–H groups in total. The molecule has 0 heterocycles. The topological polar surface area (TPSA) is 15.3 Å². The molecule has 2 heteroatoms. The summed E-state index contributed by atoms with van der Waals surface area (Å²) >= 11 is 0. The van der Waals surface area contributed by atoms with Crippen LogP contribution in [0.1, 0.15) is 59.3 Å². The number of hydrogen-bond donors (Lipinski definition) is 1. The van der Waals surface area contributed by atoms with Gasteiger partial charge in [-0.2, -0.15) is 0 Å². The fourth-order valence-corrected chi connectivity index (χ4v) is 2.83. The predicted molar refractivity (Wildman–Crippen MR) is 78.9 cm³/mol. The molecule has 2 atom stereocenters. The molecule has 2 rings (SSSR count). The van der Waals surface area contributed by atoms with Gasteiger partial charge in [-0.25, -0.2) is 0 Å². The third-order valence-corrected chi connectivity index (χ3v) is 4.44. The van der Waals surface area contributed by atoms with Crippen LogP contribution in [0.3, 0.4) is 0 Å². The normalized spacial score (nSPS) is 23.3. The summed E-state index contributed by atoms with van der Waals surface area (Å²) in [5.41, 5.74) is 0.